The van der Waals surface area contributed by atoms with Crippen molar-refractivity contribution < 1.29 is 4.79 Å². The molecule has 2 rings (SSSR count). The van der Waals surface area contributed by atoms with Gasteiger partial charge in [0.25, 0.3) is 5.91 Å². The van der Waals surface area contributed by atoms with Crippen molar-refractivity contribution in [3.05, 3.63) is 47.9 Å². The average molecular weight is 271 g/mol. The van der Waals surface area contributed by atoms with Crippen LogP contribution in [-0.4, -0.2) is 22.4 Å². The largest absolute Gasteiger partial charge is 0.307 e. The number of nitrogens with two attached hydrogens (primary N) is 1. The second-order valence-corrected chi connectivity index (χ2v) is 4.32. The Kier molecular flexibility index (Phi) is 4.27. The van der Waals surface area contributed by atoms with Crippen LogP contribution in [0.25, 0.3) is 0 Å². The molecule has 2 aromatic rings. The van der Waals surface area contributed by atoms with Gasteiger partial charge in [-0.15, -0.1) is 0 Å². The van der Waals surface area contributed by atoms with E-state index in [9.17, 15) is 4.79 Å². The monoisotopic (exact) mass is 271 g/mol. The summed E-state index contributed by atoms with van der Waals surface area (Å²) in [5.74, 6) is 5.45. The summed E-state index contributed by atoms with van der Waals surface area (Å²) in [4.78, 5) is 22.2. The van der Waals surface area contributed by atoms with Gasteiger partial charge in [-0.2, -0.15) is 0 Å². The van der Waals surface area contributed by atoms with E-state index in [1.165, 1.54) is 12.4 Å². The molecule has 0 bridgehead atoms. The highest BCUT2D eigenvalue weighted by Gasteiger charge is 2.17. The number of carbonyl (C=O) groups is 1. The molecule has 0 saturated carbocycles. The predicted octanol–water partition coefficient (Wildman–Crippen LogP) is 1.74. The summed E-state index contributed by atoms with van der Waals surface area (Å²) < 4.78 is 0. The highest BCUT2D eigenvalue weighted by Crippen LogP contribution is 2.17. The normalized spacial score (nSPS) is 10.2. The molecule has 1 heterocycles. The van der Waals surface area contributed by atoms with Crippen molar-refractivity contribution in [2.75, 3.05) is 16.9 Å². The minimum atomic E-state index is -0.186. The third kappa shape index (κ3) is 2.92. The highest BCUT2D eigenvalue weighted by atomic mass is 16.2. The van der Waals surface area contributed by atoms with E-state index in [4.69, 9.17) is 5.84 Å². The summed E-state index contributed by atoms with van der Waals surface area (Å²) in [6.45, 7) is 4.47. The Morgan fingerprint density at radius 3 is 2.70 bits per heavy atom. The lowest BCUT2D eigenvalue weighted by atomic mass is 10.2. The van der Waals surface area contributed by atoms with Crippen molar-refractivity contribution in [1.82, 2.24) is 9.97 Å². The molecule has 1 amide bonds. The van der Waals surface area contributed by atoms with Gasteiger partial charge in [-0.05, 0) is 31.5 Å². The van der Waals surface area contributed by atoms with Crippen molar-refractivity contribution >= 4 is 17.4 Å². The second-order valence-electron chi connectivity index (χ2n) is 4.32. The summed E-state index contributed by atoms with van der Waals surface area (Å²) in [7, 11) is 0. The van der Waals surface area contributed by atoms with E-state index in [0.717, 1.165) is 11.3 Å². The first-order chi connectivity index (χ1) is 9.65. The Hall–Kier alpha value is -2.47. The third-order valence-corrected chi connectivity index (χ3v) is 2.89. The Balaban J connectivity index is 2.28. The Labute approximate surface area is 117 Å². The van der Waals surface area contributed by atoms with Crippen molar-refractivity contribution in [2.45, 2.75) is 13.8 Å². The van der Waals surface area contributed by atoms with E-state index < -0.39 is 0 Å². The van der Waals surface area contributed by atoms with Crippen molar-refractivity contribution in [2.24, 2.45) is 5.84 Å². The van der Waals surface area contributed by atoms with Gasteiger partial charge >= 0.3 is 0 Å². The van der Waals surface area contributed by atoms with Crippen molar-refractivity contribution in [1.29, 1.82) is 0 Å². The van der Waals surface area contributed by atoms with Crippen LogP contribution in [0.5, 0.6) is 0 Å². The molecular formula is C14H17N5O. The van der Waals surface area contributed by atoms with Crippen LogP contribution < -0.4 is 16.2 Å². The highest BCUT2D eigenvalue weighted by molar-refractivity contribution is 6.04. The molecule has 6 heteroatoms. The number of benzene rings is 1. The minimum absolute atomic E-state index is 0.186. The number of aromatic nitrogens is 2. The standard InChI is InChI=1S/C14H17N5O/c1-3-19(11-6-4-5-10(2)7-11)14(20)12-8-17-13(18-15)9-16-12/h4-9H,3,15H2,1-2H3,(H,17,18). The molecule has 0 aliphatic carbocycles. The number of hydrazine groups is 1. The van der Waals surface area contributed by atoms with Crippen LogP contribution in [0.2, 0.25) is 0 Å². The molecule has 0 fully saturated rings. The number of carbonyl (C=O) groups excluding carboxylic acids is 1. The van der Waals surface area contributed by atoms with Gasteiger partial charge in [0, 0.05) is 12.2 Å². The number of nitrogens with one attached hydrogen (secondary N) is 1. The van der Waals surface area contributed by atoms with Crippen LogP contribution in [0.4, 0.5) is 11.5 Å². The van der Waals surface area contributed by atoms with E-state index in [2.05, 4.69) is 15.4 Å². The van der Waals surface area contributed by atoms with Crippen LogP contribution in [0.1, 0.15) is 23.0 Å². The summed E-state index contributed by atoms with van der Waals surface area (Å²) in [5, 5.41) is 0. The van der Waals surface area contributed by atoms with Gasteiger partial charge < -0.3 is 10.3 Å². The van der Waals surface area contributed by atoms with Gasteiger partial charge in [0.05, 0.1) is 12.4 Å². The van der Waals surface area contributed by atoms with Gasteiger partial charge in [-0.3, -0.25) is 4.79 Å². The Morgan fingerprint density at radius 1 is 1.35 bits per heavy atom. The maximum Gasteiger partial charge on any atom is 0.278 e. The molecular weight excluding hydrogens is 254 g/mol. The van der Waals surface area contributed by atoms with Crippen molar-refractivity contribution in [3.8, 4) is 0 Å². The molecule has 1 aromatic carbocycles. The van der Waals surface area contributed by atoms with Crippen LogP contribution in [-0.2, 0) is 0 Å². The number of hydrogen-bond donors (Lipinski definition) is 2. The van der Waals surface area contributed by atoms with Crippen molar-refractivity contribution in [3.63, 3.8) is 0 Å². The van der Waals surface area contributed by atoms with Gasteiger partial charge in [-0.1, -0.05) is 12.1 Å². The maximum atomic E-state index is 12.5. The molecule has 0 saturated heterocycles. The number of nitrogens with zero attached hydrogens (tertiary/aromatic N) is 3. The maximum absolute atomic E-state index is 12.5. The zero-order chi connectivity index (χ0) is 14.5. The number of hydrogen-bond acceptors (Lipinski definition) is 5. The lowest BCUT2D eigenvalue weighted by molar-refractivity contribution is 0.0983. The van der Waals surface area contributed by atoms with E-state index in [0.29, 0.717) is 12.4 Å². The molecule has 20 heavy (non-hydrogen) atoms. The van der Waals surface area contributed by atoms with Gasteiger partial charge in [-0.25, -0.2) is 15.8 Å². The molecule has 0 atom stereocenters. The van der Waals surface area contributed by atoms with Gasteiger partial charge in [0.1, 0.15) is 5.69 Å². The molecule has 0 aliphatic heterocycles. The van der Waals surface area contributed by atoms with Crippen LogP contribution in [0.15, 0.2) is 36.7 Å². The predicted molar refractivity (Wildman–Crippen MR) is 78.4 cm³/mol. The summed E-state index contributed by atoms with van der Waals surface area (Å²) in [5.41, 5.74) is 4.61. The Morgan fingerprint density at radius 2 is 2.15 bits per heavy atom. The molecule has 0 spiro atoms. The average Bonchev–Trinajstić information content (AvgIpc) is 2.48. The van der Waals surface area contributed by atoms with E-state index in [1.807, 2.05) is 38.1 Å². The number of nitrogen functional groups attached to an aromatic ring is 1. The summed E-state index contributed by atoms with van der Waals surface area (Å²) in [6, 6.07) is 7.78. The van der Waals surface area contributed by atoms with Gasteiger partial charge in [0.15, 0.2) is 5.82 Å². The van der Waals surface area contributed by atoms with E-state index >= 15 is 0 Å². The number of amides is 1. The quantitative estimate of drug-likeness (QED) is 0.653. The first-order valence-corrected chi connectivity index (χ1v) is 6.33. The van der Waals surface area contributed by atoms with Crippen LogP contribution in [0.3, 0.4) is 0 Å². The number of rotatable bonds is 4. The second kappa shape index (κ2) is 6.12. The summed E-state index contributed by atoms with van der Waals surface area (Å²) >= 11 is 0. The third-order valence-electron chi connectivity index (χ3n) is 2.89. The zero-order valence-electron chi connectivity index (χ0n) is 11.5. The fourth-order valence-corrected chi connectivity index (χ4v) is 1.89. The molecule has 0 unspecified atom stereocenters. The Bertz CT molecular complexity index is 597. The van der Waals surface area contributed by atoms with Crippen LogP contribution >= 0.6 is 0 Å². The molecule has 0 aliphatic rings. The SMILES string of the molecule is CCN(C(=O)c1cnc(NN)cn1)c1cccc(C)c1. The fraction of sp³-hybridized carbons (Fsp3) is 0.214. The molecule has 104 valence electrons. The summed E-state index contributed by atoms with van der Waals surface area (Å²) in [6.07, 6.45) is 2.84. The number of anilines is 2. The fourth-order valence-electron chi connectivity index (χ4n) is 1.89. The lowest BCUT2D eigenvalue weighted by Crippen LogP contribution is -2.31. The van der Waals surface area contributed by atoms with E-state index in [-0.39, 0.29) is 11.6 Å². The molecule has 1 aromatic heterocycles. The first-order valence-electron chi connectivity index (χ1n) is 6.33. The smallest absolute Gasteiger partial charge is 0.278 e. The molecule has 3 N–H and O–H groups in total. The lowest BCUT2D eigenvalue weighted by Gasteiger charge is -2.20. The molecule has 0 radical (unpaired) electrons. The van der Waals surface area contributed by atoms with E-state index in [1.54, 1.807) is 4.90 Å². The molecule has 6 nitrogen and oxygen atoms in total. The first kappa shape index (κ1) is 14.0. The van der Waals surface area contributed by atoms with Gasteiger partial charge in [0.2, 0.25) is 0 Å². The minimum Gasteiger partial charge on any atom is -0.307 e. The zero-order valence-corrected chi connectivity index (χ0v) is 11.5. The number of aryl methyl sites for hydroxylation is 1. The van der Waals surface area contributed by atoms with Crippen LogP contribution in [0, 0.1) is 6.92 Å². The topological polar surface area (TPSA) is 84.1 Å².